The standard InChI is InChI=1S/C27H21N3O4S/c1-18-8-14-21(15-9-18)35(32,33)30-20-12-10-19(11-13-20)28-27(31)23-17-25(26-7-4-16-34-26)29-24-6-3-2-5-22(23)24/h2-17,30H,1H3,(H,28,31). The first kappa shape index (κ1) is 22.4. The summed E-state index contributed by atoms with van der Waals surface area (Å²) < 4.78 is 33.3. The molecule has 0 saturated heterocycles. The van der Waals surface area contributed by atoms with E-state index in [0.29, 0.717) is 39.3 Å². The SMILES string of the molecule is Cc1ccc(S(=O)(=O)Nc2ccc(NC(=O)c3cc(-c4ccco4)nc4ccccc34)cc2)cc1. The molecule has 0 unspecified atom stereocenters. The van der Waals surface area contributed by atoms with Gasteiger partial charge in [0.2, 0.25) is 0 Å². The maximum atomic E-state index is 13.2. The third kappa shape index (κ3) is 4.78. The molecule has 0 aliphatic carbocycles. The minimum Gasteiger partial charge on any atom is -0.463 e. The number of sulfonamides is 1. The van der Waals surface area contributed by atoms with Crippen molar-refractivity contribution in [2.45, 2.75) is 11.8 Å². The number of aryl methyl sites for hydroxylation is 1. The zero-order valence-corrected chi connectivity index (χ0v) is 19.5. The highest BCUT2D eigenvalue weighted by Gasteiger charge is 2.16. The van der Waals surface area contributed by atoms with E-state index in [0.717, 1.165) is 5.56 Å². The number of amides is 1. The highest BCUT2D eigenvalue weighted by molar-refractivity contribution is 7.92. The van der Waals surface area contributed by atoms with Gasteiger partial charge in [0.1, 0.15) is 5.69 Å². The van der Waals surface area contributed by atoms with Crippen LogP contribution in [-0.2, 0) is 10.0 Å². The van der Waals surface area contributed by atoms with Gasteiger partial charge in [-0.15, -0.1) is 0 Å². The summed E-state index contributed by atoms with van der Waals surface area (Å²) in [6, 6.07) is 25.7. The second kappa shape index (κ2) is 9.08. The number of anilines is 2. The van der Waals surface area contributed by atoms with Gasteiger partial charge in [-0.3, -0.25) is 9.52 Å². The van der Waals surface area contributed by atoms with E-state index in [9.17, 15) is 13.2 Å². The zero-order chi connectivity index (χ0) is 24.4. The van der Waals surface area contributed by atoms with Crippen molar-refractivity contribution in [3.63, 3.8) is 0 Å². The molecule has 3 aromatic carbocycles. The Morgan fingerprint density at radius 2 is 1.57 bits per heavy atom. The Morgan fingerprint density at radius 3 is 2.29 bits per heavy atom. The molecule has 0 aliphatic heterocycles. The van der Waals surface area contributed by atoms with Gasteiger partial charge in [-0.1, -0.05) is 35.9 Å². The van der Waals surface area contributed by atoms with Crippen molar-refractivity contribution >= 4 is 38.2 Å². The summed E-state index contributed by atoms with van der Waals surface area (Å²) >= 11 is 0. The van der Waals surface area contributed by atoms with Crippen molar-refractivity contribution in [1.82, 2.24) is 4.98 Å². The van der Waals surface area contributed by atoms with Gasteiger partial charge in [0.05, 0.1) is 22.2 Å². The van der Waals surface area contributed by atoms with Gasteiger partial charge in [0.15, 0.2) is 5.76 Å². The third-order valence-corrected chi connectivity index (χ3v) is 6.86. The number of para-hydroxylation sites is 1. The monoisotopic (exact) mass is 483 g/mol. The van der Waals surface area contributed by atoms with Crippen LogP contribution in [-0.4, -0.2) is 19.3 Å². The molecule has 8 heteroatoms. The second-order valence-electron chi connectivity index (χ2n) is 8.00. The molecule has 0 radical (unpaired) electrons. The van der Waals surface area contributed by atoms with Crippen molar-refractivity contribution in [3.05, 3.63) is 108 Å². The molecule has 5 rings (SSSR count). The number of hydrogen-bond donors (Lipinski definition) is 2. The number of pyridine rings is 1. The Bertz CT molecular complexity index is 1610. The number of benzene rings is 3. The lowest BCUT2D eigenvalue weighted by Crippen LogP contribution is -2.14. The average Bonchev–Trinajstić information content (AvgIpc) is 3.40. The van der Waals surface area contributed by atoms with Crippen LogP contribution in [0.1, 0.15) is 15.9 Å². The molecular weight excluding hydrogens is 462 g/mol. The summed E-state index contributed by atoms with van der Waals surface area (Å²) in [6.07, 6.45) is 1.56. The van der Waals surface area contributed by atoms with E-state index in [1.54, 1.807) is 73.0 Å². The van der Waals surface area contributed by atoms with Gasteiger partial charge in [-0.05, 0) is 67.6 Å². The maximum Gasteiger partial charge on any atom is 0.261 e. The Balaban J connectivity index is 1.37. The molecule has 0 saturated carbocycles. The van der Waals surface area contributed by atoms with Crippen LogP contribution in [0, 0.1) is 6.92 Å². The molecule has 0 aliphatic rings. The topological polar surface area (TPSA) is 101 Å². The van der Waals surface area contributed by atoms with Gasteiger partial charge in [0.25, 0.3) is 15.9 Å². The lowest BCUT2D eigenvalue weighted by molar-refractivity contribution is 0.102. The van der Waals surface area contributed by atoms with Crippen LogP contribution in [0.2, 0.25) is 0 Å². The number of carbonyl (C=O) groups is 1. The van der Waals surface area contributed by atoms with Crippen molar-refractivity contribution < 1.29 is 17.6 Å². The number of nitrogens with zero attached hydrogens (tertiary/aromatic N) is 1. The molecule has 0 bridgehead atoms. The molecule has 0 spiro atoms. The second-order valence-corrected chi connectivity index (χ2v) is 9.68. The fourth-order valence-corrected chi connectivity index (χ4v) is 4.72. The summed E-state index contributed by atoms with van der Waals surface area (Å²) in [5, 5.41) is 3.59. The summed E-state index contributed by atoms with van der Waals surface area (Å²) in [5.74, 6) is 0.249. The lowest BCUT2D eigenvalue weighted by atomic mass is 10.1. The average molecular weight is 484 g/mol. The lowest BCUT2D eigenvalue weighted by Gasteiger charge is -2.11. The molecule has 2 aromatic heterocycles. The van der Waals surface area contributed by atoms with Crippen molar-refractivity contribution in [2.24, 2.45) is 0 Å². The minimum atomic E-state index is -3.71. The van der Waals surface area contributed by atoms with Gasteiger partial charge in [-0.2, -0.15) is 0 Å². The fourth-order valence-electron chi connectivity index (χ4n) is 3.67. The minimum absolute atomic E-state index is 0.178. The third-order valence-electron chi connectivity index (χ3n) is 5.46. The Kier molecular flexibility index (Phi) is 5.80. The molecule has 2 N–H and O–H groups in total. The molecule has 35 heavy (non-hydrogen) atoms. The molecule has 0 atom stereocenters. The molecule has 5 aromatic rings. The number of fused-ring (bicyclic) bond motifs is 1. The predicted molar refractivity (Wildman–Crippen MR) is 136 cm³/mol. The first-order valence-electron chi connectivity index (χ1n) is 10.8. The number of nitrogens with one attached hydrogen (secondary N) is 2. The van der Waals surface area contributed by atoms with Crippen LogP contribution < -0.4 is 10.0 Å². The quantitative estimate of drug-likeness (QED) is 0.315. The number of rotatable bonds is 6. The fraction of sp³-hybridized carbons (Fsp3) is 0.0370. The van der Waals surface area contributed by atoms with Crippen LogP contribution in [0.5, 0.6) is 0 Å². The summed E-state index contributed by atoms with van der Waals surface area (Å²) in [4.78, 5) is 18.0. The first-order valence-corrected chi connectivity index (χ1v) is 12.3. The van der Waals surface area contributed by atoms with Crippen molar-refractivity contribution in [1.29, 1.82) is 0 Å². The number of aromatic nitrogens is 1. The molecule has 1 amide bonds. The highest BCUT2D eigenvalue weighted by atomic mass is 32.2. The summed E-state index contributed by atoms with van der Waals surface area (Å²) in [6.45, 7) is 1.89. The Hall–Kier alpha value is -4.43. The van der Waals surface area contributed by atoms with Crippen LogP contribution in [0.25, 0.3) is 22.4 Å². The molecule has 2 heterocycles. The smallest absolute Gasteiger partial charge is 0.261 e. The maximum absolute atomic E-state index is 13.2. The van der Waals surface area contributed by atoms with E-state index in [1.807, 2.05) is 31.2 Å². The van der Waals surface area contributed by atoms with E-state index >= 15 is 0 Å². The molecule has 7 nitrogen and oxygen atoms in total. The van der Waals surface area contributed by atoms with Crippen molar-refractivity contribution in [3.8, 4) is 11.5 Å². The Morgan fingerprint density at radius 1 is 0.857 bits per heavy atom. The van der Waals surface area contributed by atoms with E-state index < -0.39 is 10.0 Å². The van der Waals surface area contributed by atoms with E-state index in [2.05, 4.69) is 15.0 Å². The van der Waals surface area contributed by atoms with Crippen LogP contribution in [0.3, 0.4) is 0 Å². The molecular formula is C27H21N3O4S. The number of hydrogen-bond acceptors (Lipinski definition) is 5. The number of furan rings is 1. The Labute approximate surface area is 202 Å². The summed E-state index contributed by atoms with van der Waals surface area (Å²) in [5.41, 5.74) is 3.56. The predicted octanol–water partition coefficient (Wildman–Crippen LogP) is 5.86. The van der Waals surface area contributed by atoms with E-state index in [-0.39, 0.29) is 10.8 Å². The van der Waals surface area contributed by atoms with E-state index in [4.69, 9.17) is 4.42 Å². The molecule has 174 valence electrons. The van der Waals surface area contributed by atoms with Gasteiger partial charge < -0.3 is 9.73 Å². The van der Waals surface area contributed by atoms with Crippen molar-refractivity contribution in [2.75, 3.05) is 10.0 Å². The van der Waals surface area contributed by atoms with Crippen LogP contribution >= 0.6 is 0 Å². The van der Waals surface area contributed by atoms with Crippen LogP contribution in [0.15, 0.2) is 107 Å². The van der Waals surface area contributed by atoms with E-state index in [1.165, 1.54) is 0 Å². The van der Waals surface area contributed by atoms with Gasteiger partial charge >= 0.3 is 0 Å². The van der Waals surface area contributed by atoms with Gasteiger partial charge in [-0.25, -0.2) is 13.4 Å². The first-order chi connectivity index (χ1) is 16.9. The van der Waals surface area contributed by atoms with Crippen LogP contribution in [0.4, 0.5) is 11.4 Å². The molecule has 0 fully saturated rings. The highest BCUT2D eigenvalue weighted by Crippen LogP contribution is 2.26. The van der Waals surface area contributed by atoms with Gasteiger partial charge in [0, 0.05) is 16.8 Å². The normalized spacial score (nSPS) is 11.3. The largest absolute Gasteiger partial charge is 0.463 e. The number of carbonyl (C=O) groups excluding carboxylic acids is 1. The summed E-state index contributed by atoms with van der Waals surface area (Å²) in [7, 11) is -3.71. The zero-order valence-electron chi connectivity index (χ0n) is 18.7.